The van der Waals surface area contributed by atoms with E-state index < -0.39 is 0 Å². The van der Waals surface area contributed by atoms with E-state index in [1.165, 1.54) is 0 Å². The Morgan fingerprint density at radius 1 is 1.33 bits per heavy atom. The molecule has 2 aromatic rings. The minimum absolute atomic E-state index is 0.00848. The molecule has 1 heterocycles. The van der Waals surface area contributed by atoms with Gasteiger partial charge < -0.3 is 4.74 Å². The van der Waals surface area contributed by atoms with Crippen LogP contribution in [0.3, 0.4) is 0 Å². The highest BCUT2D eigenvalue weighted by atomic mass is 32.1. The van der Waals surface area contributed by atoms with Crippen molar-refractivity contribution < 1.29 is 9.53 Å². The molecule has 2 nitrogen and oxygen atoms in total. The van der Waals surface area contributed by atoms with E-state index in [4.69, 9.17) is 4.74 Å². The van der Waals surface area contributed by atoms with E-state index >= 15 is 0 Å². The third kappa shape index (κ3) is 2.87. The first-order valence-electron chi connectivity index (χ1n) is 5.61. The van der Waals surface area contributed by atoms with Crippen LogP contribution in [0.1, 0.15) is 20.8 Å². The smallest absolute Gasteiger partial charge is 0.185 e. The van der Waals surface area contributed by atoms with Crippen molar-refractivity contribution in [2.45, 2.75) is 6.92 Å². The van der Waals surface area contributed by atoms with Gasteiger partial charge in [0.25, 0.3) is 0 Å². The molecule has 0 bridgehead atoms. The molecule has 0 saturated heterocycles. The number of ketones is 1. The molecule has 0 aliphatic rings. The van der Waals surface area contributed by atoms with Gasteiger partial charge in [0.2, 0.25) is 0 Å². The third-order valence-corrected chi connectivity index (χ3v) is 3.46. The fourth-order valence-corrected chi connectivity index (χ4v) is 2.29. The zero-order chi connectivity index (χ0) is 13.0. The molecular weight excluding hydrogens is 244 g/mol. The average molecular weight is 258 g/mol. The van der Waals surface area contributed by atoms with Gasteiger partial charge in [-0.3, -0.25) is 4.79 Å². The molecule has 0 radical (unpaired) electrons. The van der Waals surface area contributed by atoms with Gasteiger partial charge in [-0.2, -0.15) is 0 Å². The van der Waals surface area contributed by atoms with E-state index in [2.05, 4.69) is 0 Å². The molecule has 18 heavy (non-hydrogen) atoms. The molecule has 0 aliphatic carbocycles. The maximum atomic E-state index is 12.0. The summed E-state index contributed by atoms with van der Waals surface area (Å²) in [7, 11) is 1.63. The Balaban J connectivity index is 2.16. The first-order chi connectivity index (χ1) is 8.70. The summed E-state index contributed by atoms with van der Waals surface area (Å²) in [4.78, 5) is 13.0. The maximum Gasteiger partial charge on any atom is 0.185 e. The topological polar surface area (TPSA) is 26.3 Å². The minimum Gasteiger partial charge on any atom is -0.496 e. The molecule has 0 aliphatic heterocycles. The Hall–Kier alpha value is -1.87. The van der Waals surface area contributed by atoms with Crippen LogP contribution in [-0.4, -0.2) is 12.9 Å². The number of benzene rings is 1. The maximum absolute atomic E-state index is 12.0. The molecule has 0 spiro atoms. The molecule has 1 aromatic carbocycles. The highest BCUT2D eigenvalue weighted by Crippen LogP contribution is 2.19. The van der Waals surface area contributed by atoms with Gasteiger partial charge in [-0.1, -0.05) is 6.07 Å². The van der Waals surface area contributed by atoms with Gasteiger partial charge in [-0.05, 0) is 54.3 Å². The van der Waals surface area contributed by atoms with Gasteiger partial charge in [0.15, 0.2) is 5.78 Å². The standard InChI is InChI=1S/C15H14O2S/c1-11-10-12(5-8-15(11)17-2)14(16)7-6-13-4-3-9-18-13/h3-10H,1-2H3/b7-6+. The molecule has 0 saturated carbocycles. The van der Waals surface area contributed by atoms with Crippen LogP contribution in [0.25, 0.3) is 6.08 Å². The number of thiophene rings is 1. The van der Waals surface area contributed by atoms with E-state index in [9.17, 15) is 4.79 Å². The molecule has 0 atom stereocenters. The summed E-state index contributed by atoms with van der Waals surface area (Å²) in [6.45, 7) is 1.93. The van der Waals surface area contributed by atoms with E-state index in [0.717, 1.165) is 16.2 Å². The Kier molecular flexibility index (Phi) is 3.95. The Labute approximate surface area is 111 Å². The lowest BCUT2D eigenvalue weighted by Gasteiger charge is -2.05. The molecular formula is C15H14O2S. The van der Waals surface area contributed by atoms with E-state index in [1.54, 1.807) is 30.6 Å². The van der Waals surface area contributed by atoms with Crippen LogP contribution in [0.5, 0.6) is 5.75 Å². The van der Waals surface area contributed by atoms with Crippen molar-refractivity contribution in [2.75, 3.05) is 7.11 Å². The van der Waals surface area contributed by atoms with Crippen molar-refractivity contribution in [1.29, 1.82) is 0 Å². The number of methoxy groups -OCH3 is 1. The molecule has 1 aromatic heterocycles. The number of carbonyl (C=O) groups excluding carboxylic acids is 1. The SMILES string of the molecule is COc1ccc(C(=O)/C=C/c2cccs2)cc1C. The van der Waals surface area contributed by atoms with Crippen molar-refractivity contribution in [2.24, 2.45) is 0 Å². The molecule has 0 N–H and O–H groups in total. The second-order valence-electron chi connectivity index (χ2n) is 3.90. The lowest BCUT2D eigenvalue weighted by Crippen LogP contribution is -1.96. The number of aryl methyl sites for hydroxylation is 1. The van der Waals surface area contributed by atoms with Crippen molar-refractivity contribution in [3.63, 3.8) is 0 Å². The number of allylic oxidation sites excluding steroid dienone is 1. The van der Waals surface area contributed by atoms with E-state index in [1.807, 2.05) is 42.6 Å². The monoisotopic (exact) mass is 258 g/mol. The minimum atomic E-state index is 0.00848. The third-order valence-electron chi connectivity index (χ3n) is 2.62. The largest absolute Gasteiger partial charge is 0.496 e. The highest BCUT2D eigenvalue weighted by Gasteiger charge is 2.05. The van der Waals surface area contributed by atoms with Gasteiger partial charge in [0, 0.05) is 10.4 Å². The molecule has 0 amide bonds. The molecule has 92 valence electrons. The van der Waals surface area contributed by atoms with Crippen LogP contribution in [0, 0.1) is 6.92 Å². The zero-order valence-corrected chi connectivity index (χ0v) is 11.2. The molecule has 0 fully saturated rings. The fourth-order valence-electron chi connectivity index (χ4n) is 1.67. The van der Waals surface area contributed by atoms with Crippen molar-refractivity contribution in [1.82, 2.24) is 0 Å². The number of rotatable bonds is 4. The summed E-state index contributed by atoms with van der Waals surface area (Å²) < 4.78 is 5.17. The fraction of sp³-hybridized carbons (Fsp3) is 0.133. The van der Waals surface area contributed by atoms with Crippen molar-refractivity contribution in [3.8, 4) is 5.75 Å². The summed E-state index contributed by atoms with van der Waals surface area (Å²) in [5, 5.41) is 1.99. The predicted molar refractivity (Wildman–Crippen MR) is 75.4 cm³/mol. The molecule has 0 unspecified atom stereocenters. The molecule has 3 heteroatoms. The average Bonchev–Trinajstić information content (AvgIpc) is 2.89. The number of hydrogen-bond donors (Lipinski definition) is 0. The Bertz CT molecular complexity index is 568. The quantitative estimate of drug-likeness (QED) is 0.613. The first-order valence-corrected chi connectivity index (χ1v) is 6.49. The second kappa shape index (κ2) is 5.65. The number of hydrogen-bond acceptors (Lipinski definition) is 3. The van der Waals surface area contributed by atoms with Crippen LogP contribution < -0.4 is 4.74 Å². The predicted octanol–water partition coefficient (Wildman–Crippen LogP) is 3.96. The van der Waals surface area contributed by atoms with Gasteiger partial charge in [0.05, 0.1) is 7.11 Å². The summed E-state index contributed by atoms with van der Waals surface area (Å²) in [6, 6.07) is 9.40. The van der Waals surface area contributed by atoms with Crippen molar-refractivity contribution >= 4 is 23.2 Å². The van der Waals surface area contributed by atoms with E-state index in [0.29, 0.717) is 5.56 Å². The summed E-state index contributed by atoms with van der Waals surface area (Å²) in [5.74, 6) is 0.808. The zero-order valence-electron chi connectivity index (χ0n) is 10.3. The molecule has 2 rings (SSSR count). The number of ether oxygens (including phenoxy) is 1. The summed E-state index contributed by atoms with van der Waals surface area (Å²) in [6.07, 6.45) is 3.44. The van der Waals surface area contributed by atoms with Crippen LogP contribution in [0.2, 0.25) is 0 Å². The van der Waals surface area contributed by atoms with Crippen LogP contribution in [0.15, 0.2) is 41.8 Å². The van der Waals surface area contributed by atoms with Crippen LogP contribution in [0.4, 0.5) is 0 Å². The van der Waals surface area contributed by atoms with E-state index in [-0.39, 0.29) is 5.78 Å². The lowest BCUT2D eigenvalue weighted by molar-refractivity contribution is 0.104. The van der Waals surface area contributed by atoms with Crippen molar-refractivity contribution in [3.05, 3.63) is 57.8 Å². The highest BCUT2D eigenvalue weighted by molar-refractivity contribution is 7.10. The van der Waals surface area contributed by atoms with Gasteiger partial charge in [-0.25, -0.2) is 0 Å². The van der Waals surface area contributed by atoms with Gasteiger partial charge >= 0.3 is 0 Å². The summed E-state index contributed by atoms with van der Waals surface area (Å²) in [5.41, 5.74) is 1.65. The number of carbonyl (C=O) groups is 1. The first kappa shape index (κ1) is 12.6. The summed E-state index contributed by atoms with van der Waals surface area (Å²) >= 11 is 1.61. The van der Waals surface area contributed by atoms with Gasteiger partial charge in [-0.15, -0.1) is 11.3 Å². The lowest BCUT2D eigenvalue weighted by atomic mass is 10.1. The van der Waals surface area contributed by atoms with Gasteiger partial charge in [0.1, 0.15) is 5.75 Å². The second-order valence-corrected chi connectivity index (χ2v) is 4.88. The Morgan fingerprint density at radius 2 is 2.17 bits per heavy atom. The van der Waals surface area contributed by atoms with Crippen LogP contribution >= 0.6 is 11.3 Å². The van der Waals surface area contributed by atoms with Crippen LogP contribution in [-0.2, 0) is 0 Å². The Morgan fingerprint density at radius 3 is 2.78 bits per heavy atom. The normalized spacial score (nSPS) is 10.8.